The number of hydrogen-bond acceptors (Lipinski definition) is 15. The van der Waals surface area contributed by atoms with Crippen molar-refractivity contribution in [3.05, 3.63) is 60.8 Å². The van der Waals surface area contributed by atoms with Gasteiger partial charge in [-0.2, -0.15) is 0 Å². The number of rotatable bonds is 75. The lowest BCUT2D eigenvalue weighted by atomic mass is 10.1. The normalized spacial score (nSPS) is 14.2. The number of ether oxygens (including phenoxy) is 4. The Morgan fingerprint density at radius 3 is 0.796 bits per heavy atom. The Kier molecular flexibility index (Phi) is 69.7. The summed E-state index contributed by atoms with van der Waals surface area (Å²) < 4.78 is 68.5. The predicted molar refractivity (Wildman–Crippen MR) is 400 cm³/mol. The summed E-state index contributed by atoms with van der Waals surface area (Å²) >= 11 is 0. The smallest absolute Gasteiger partial charge is 0.462 e. The van der Waals surface area contributed by atoms with E-state index in [1.165, 1.54) is 122 Å². The van der Waals surface area contributed by atoms with Gasteiger partial charge in [0.2, 0.25) is 0 Å². The van der Waals surface area contributed by atoms with E-state index in [0.717, 1.165) is 161 Å². The van der Waals surface area contributed by atoms with E-state index in [1.54, 1.807) is 0 Å². The van der Waals surface area contributed by atoms with Crippen LogP contribution in [0.2, 0.25) is 0 Å². The Balaban J connectivity index is 5.35. The van der Waals surface area contributed by atoms with E-state index in [0.29, 0.717) is 25.7 Å². The molecule has 3 unspecified atom stereocenters. The second-order valence-corrected chi connectivity index (χ2v) is 29.5. The van der Waals surface area contributed by atoms with Gasteiger partial charge < -0.3 is 33.8 Å². The second kappa shape index (κ2) is 72.1. The SMILES string of the molecule is CCCCC/C=C\C/C=C\CCCCCCCC(=O)OC[C@H](COP(=O)(O)OCC(O)COP(=O)(O)OC[C@@H](COC(=O)CCCCCCC/C=C\CCCCCCCC)OC(=O)CCCCCCC/C=C\CCCCCC)OC(=O)CCCCCCC/C=C\CCCCCCCC. The van der Waals surface area contributed by atoms with Crippen LogP contribution in [0.1, 0.15) is 362 Å². The highest BCUT2D eigenvalue weighted by Gasteiger charge is 2.30. The van der Waals surface area contributed by atoms with Gasteiger partial charge in [0.05, 0.1) is 26.4 Å². The molecule has 0 aromatic carbocycles. The molecule has 0 bridgehead atoms. The molecule has 0 saturated heterocycles. The van der Waals surface area contributed by atoms with Crippen LogP contribution in [-0.4, -0.2) is 96.7 Å². The van der Waals surface area contributed by atoms with Crippen LogP contribution in [0.5, 0.6) is 0 Å². The van der Waals surface area contributed by atoms with E-state index >= 15 is 0 Å². The molecule has 17 nitrogen and oxygen atoms in total. The zero-order valence-electron chi connectivity index (χ0n) is 62.5. The molecule has 0 aromatic heterocycles. The molecule has 0 spiro atoms. The van der Waals surface area contributed by atoms with Crippen molar-refractivity contribution in [2.24, 2.45) is 0 Å². The van der Waals surface area contributed by atoms with E-state index in [2.05, 4.69) is 88.5 Å². The summed E-state index contributed by atoms with van der Waals surface area (Å²) in [5.41, 5.74) is 0. The van der Waals surface area contributed by atoms with Crippen LogP contribution in [0.4, 0.5) is 0 Å². The Labute approximate surface area is 597 Å². The molecule has 572 valence electrons. The van der Waals surface area contributed by atoms with Gasteiger partial charge in [0.1, 0.15) is 19.3 Å². The van der Waals surface area contributed by atoms with Crippen molar-refractivity contribution in [2.75, 3.05) is 39.6 Å². The van der Waals surface area contributed by atoms with Gasteiger partial charge in [-0.25, -0.2) is 9.13 Å². The van der Waals surface area contributed by atoms with Crippen LogP contribution in [-0.2, 0) is 65.4 Å². The number of phosphoric ester groups is 2. The molecular formula is C79H144O17P2. The summed E-state index contributed by atoms with van der Waals surface area (Å²) in [5, 5.41) is 10.6. The second-order valence-electron chi connectivity index (χ2n) is 26.6. The molecule has 19 heteroatoms. The van der Waals surface area contributed by atoms with Crippen molar-refractivity contribution < 1.29 is 80.2 Å². The summed E-state index contributed by atoms with van der Waals surface area (Å²) in [6, 6.07) is 0. The molecule has 0 heterocycles. The Morgan fingerprint density at radius 1 is 0.286 bits per heavy atom. The monoisotopic (exact) mass is 1430 g/mol. The molecule has 0 saturated carbocycles. The van der Waals surface area contributed by atoms with Crippen LogP contribution in [0, 0.1) is 0 Å². The third-order valence-electron chi connectivity index (χ3n) is 16.9. The number of aliphatic hydroxyl groups is 1. The first kappa shape index (κ1) is 94.8. The third kappa shape index (κ3) is 71.2. The summed E-state index contributed by atoms with van der Waals surface area (Å²) in [4.78, 5) is 72.9. The molecule has 0 aliphatic carbocycles. The van der Waals surface area contributed by atoms with Crippen molar-refractivity contribution in [3.8, 4) is 0 Å². The van der Waals surface area contributed by atoms with Crippen LogP contribution in [0.25, 0.3) is 0 Å². The summed E-state index contributed by atoms with van der Waals surface area (Å²) in [6.45, 7) is 4.84. The summed E-state index contributed by atoms with van der Waals surface area (Å²) in [7, 11) is -9.95. The van der Waals surface area contributed by atoms with Gasteiger partial charge >= 0.3 is 39.5 Å². The van der Waals surface area contributed by atoms with Gasteiger partial charge in [0.25, 0.3) is 0 Å². The van der Waals surface area contributed by atoms with Crippen molar-refractivity contribution in [1.29, 1.82) is 0 Å². The molecule has 0 rings (SSSR count). The van der Waals surface area contributed by atoms with Gasteiger partial charge in [0.15, 0.2) is 12.2 Å². The van der Waals surface area contributed by atoms with E-state index in [1.807, 2.05) is 0 Å². The summed E-state index contributed by atoms with van der Waals surface area (Å²) in [5.74, 6) is -2.19. The number of unbranched alkanes of at least 4 members (excludes halogenated alkanes) is 39. The fourth-order valence-corrected chi connectivity index (χ4v) is 12.4. The minimum Gasteiger partial charge on any atom is -0.462 e. The Bertz CT molecular complexity index is 2100. The molecule has 98 heavy (non-hydrogen) atoms. The van der Waals surface area contributed by atoms with Crippen molar-refractivity contribution in [3.63, 3.8) is 0 Å². The van der Waals surface area contributed by atoms with E-state index in [9.17, 15) is 43.2 Å². The van der Waals surface area contributed by atoms with E-state index in [4.69, 9.17) is 37.0 Å². The highest BCUT2D eigenvalue weighted by Crippen LogP contribution is 2.45. The zero-order chi connectivity index (χ0) is 71.8. The first-order valence-electron chi connectivity index (χ1n) is 39.5. The van der Waals surface area contributed by atoms with Gasteiger partial charge in [-0.3, -0.25) is 37.3 Å². The fraction of sp³-hybridized carbons (Fsp3) is 0.823. The topological polar surface area (TPSA) is 237 Å². The number of carbonyl (C=O) groups is 4. The average Bonchev–Trinajstić information content (AvgIpc) is 1.04. The lowest BCUT2D eigenvalue weighted by molar-refractivity contribution is -0.161. The minimum atomic E-state index is -4.97. The molecule has 0 fully saturated rings. The van der Waals surface area contributed by atoms with Gasteiger partial charge in [-0.05, 0) is 135 Å². The van der Waals surface area contributed by atoms with Gasteiger partial charge in [-0.15, -0.1) is 0 Å². The minimum absolute atomic E-state index is 0.0854. The first-order chi connectivity index (χ1) is 47.7. The molecule has 0 aliphatic rings. The van der Waals surface area contributed by atoms with Crippen molar-refractivity contribution in [1.82, 2.24) is 0 Å². The highest BCUT2D eigenvalue weighted by molar-refractivity contribution is 7.47. The van der Waals surface area contributed by atoms with E-state index < -0.39 is 97.5 Å². The maximum Gasteiger partial charge on any atom is 0.472 e. The van der Waals surface area contributed by atoms with Crippen LogP contribution in [0.3, 0.4) is 0 Å². The molecule has 0 aliphatic heterocycles. The molecule has 0 amide bonds. The van der Waals surface area contributed by atoms with Crippen LogP contribution in [0.15, 0.2) is 60.8 Å². The molecule has 5 atom stereocenters. The maximum absolute atomic E-state index is 13.1. The molecule has 0 aromatic rings. The van der Waals surface area contributed by atoms with Crippen LogP contribution < -0.4 is 0 Å². The number of phosphoric acid groups is 2. The lowest BCUT2D eigenvalue weighted by Gasteiger charge is -2.21. The standard InChI is InChI=1S/C79H144O17P2/c1-5-9-13-17-21-25-29-33-36-40-43-47-51-55-59-63-76(81)89-69-74(95-78(83)65-61-57-53-49-45-39-32-28-24-20-16-12-8-4)71-93-97(85,86)91-67-73(80)68-92-98(87,88)94-72-75(96-79(84)66-62-58-54-50-46-42-38-35-31-27-23-19-15-11-7-3)70-90-77(82)64-60-56-52-48-44-41-37-34-30-26-22-18-14-10-6-2/h22,26,28,32-38,73-75,80H,5-21,23-25,27,29-31,39-72H2,1-4H3,(H,85,86)(H,87,88)/b26-22-,32-28-,36-33-,37-34-,38-35-/t73?,74-,75-/m1/s1. The fourth-order valence-electron chi connectivity index (χ4n) is 10.8. The largest absolute Gasteiger partial charge is 0.472 e. The Morgan fingerprint density at radius 2 is 0.500 bits per heavy atom. The number of allylic oxidation sites excluding steroid dienone is 10. The molecule has 0 radical (unpaired) electrons. The Hall–Kier alpha value is -3.24. The average molecular weight is 1430 g/mol. The number of hydrogen-bond donors (Lipinski definition) is 3. The van der Waals surface area contributed by atoms with Crippen molar-refractivity contribution in [2.45, 2.75) is 380 Å². The third-order valence-corrected chi connectivity index (χ3v) is 18.8. The summed E-state index contributed by atoms with van der Waals surface area (Å²) in [6.07, 6.45) is 70.5. The molecule has 3 N–H and O–H groups in total. The maximum atomic E-state index is 13.1. The zero-order valence-corrected chi connectivity index (χ0v) is 64.3. The predicted octanol–water partition coefficient (Wildman–Crippen LogP) is 22.7. The van der Waals surface area contributed by atoms with Gasteiger partial charge in [-0.1, -0.05) is 262 Å². The molecular weight excluding hydrogens is 1280 g/mol. The van der Waals surface area contributed by atoms with Crippen LogP contribution >= 0.6 is 15.6 Å². The van der Waals surface area contributed by atoms with Gasteiger partial charge in [0, 0.05) is 25.7 Å². The quantitative estimate of drug-likeness (QED) is 0.0169. The van der Waals surface area contributed by atoms with Crippen molar-refractivity contribution >= 4 is 39.5 Å². The number of aliphatic hydroxyl groups excluding tert-OH is 1. The highest BCUT2D eigenvalue weighted by atomic mass is 31.2. The first-order valence-corrected chi connectivity index (χ1v) is 42.5. The number of carbonyl (C=O) groups excluding carboxylic acids is 4. The van der Waals surface area contributed by atoms with E-state index in [-0.39, 0.29) is 25.7 Å². The number of esters is 4. The lowest BCUT2D eigenvalue weighted by Crippen LogP contribution is -2.30.